The van der Waals surface area contributed by atoms with Crippen LogP contribution in [-0.2, 0) is 16.0 Å². The van der Waals surface area contributed by atoms with E-state index in [1.807, 2.05) is 24.6 Å². The maximum atomic E-state index is 13.1. The normalized spacial score (nSPS) is 27.4. The van der Waals surface area contributed by atoms with Crippen molar-refractivity contribution in [3.8, 4) is 11.3 Å². The zero-order chi connectivity index (χ0) is 22.8. The lowest BCUT2D eigenvalue weighted by Crippen LogP contribution is -2.45. The minimum atomic E-state index is -4.45. The largest absolute Gasteiger partial charge is 0.417 e. The van der Waals surface area contributed by atoms with Crippen LogP contribution in [0.3, 0.4) is 0 Å². The smallest absolute Gasteiger partial charge is 0.295 e. The summed E-state index contributed by atoms with van der Waals surface area (Å²) < 4.78 is 64.6. The fraction of sp³-hybridized carbons (Fsp3) is 0.545. The number of allylic oxidation sites excluding steroid dienone is 1. The topological polar surface area (TPSA) is 68.1 Å². The van der Waals surface area contributed by atoms with Crippen LogP contribution in [0.15, 0.2) is 36.2 Å². The van der Waals surface area contributed by atoms with Crippen molar-refractivity contribution in [2.45, 2.75) is 44.4 Å². The van der Waals surface area contributed by atoms with Gasteiger partial charge in [0.1, 0.15) is 0 Å². The number of alkyl halides is 3. The van der Waals surface area contributed by atoms with E-state index < -0.39 is 21.6 Å². The molecule has 3 aliphatic rings. The van der Waals surface area contributed by atoms with E-state index in [4.69, 9.17) is 0 Å². The van der Waals surface area contributed by atoms with Crippen molar-refractivity contribution in [1.29, 1.82) is 0 Å². The van der Waals surface area contributed by atoms with Gasteiger partial charge < -0.3 is 0 Å². The summed E-state index contributed by atoms with van der Waals surface area (Å²) in [5.41, 5.74) is 2.42. The number of fused-ring (bicyclic) bond motifs is 1. The van der Waals surface area contributed by atoms with E-state index in [2.05, 4.69) is 21.1 Å². The van der Waals surface area contributed by atoms with Gasteiger partial charge in [-0.3, -0.25) is 14.6 Å². The molecule has 0 radical (unpaired) electrons. The molecular weight excluding hydrogens is 441 g/mol. The van der Waals surface area contributed by atoms with Crippen molar-refractivity contribution in [2.24, 2.45) is 5.92 Å². The third-order valence-electron chi connectivity index (χ3n) is 6.74. The second kappa shape index (κ2) is 7.41. The Kier molecular flexibility index (Phi) is 5.01. The van der Waals surface area contributed by atoms with Crippen LogP contribution in [0.2, 0.25) is 0 Å². The molecule has 3 heterocycles. The molecule has 0 spiro atoms. The third-order valence-corrected chi connectivity index (χ3v) is 8.35. The molecule has 6 nitrogen and oxygen atoms in total. The average molecular weight is 467 g/mol. The molecule has 2 aliphatic carbocycles. The predicted molar refractivity (Wildman–Crippen MR) is 114 cm³/mol. The van der Waals surface area contributed by atoms with E-state index in [1.165, 1.54) is 11.8 Å². The van der Waals surface area contributed by atoms with Crippen molar-refractivity contribution >= 4 is 9.84 Å². The fourth-order valence-corrected chi connectivity index (χ4v) is 6.24. The lowest BCUT2D eigenvalue weighted by molar-refractivity contribution is -0.137. The Hall–Kier alpha value is -2.20. The van der Waals surface area contributed by atoms with Gasteiger partial charge in [0.15, 0.2) is 9.84 Å². The van der Waals surface area contributed by atoms with Gasteiger partial charge in [0.25, 0.3) is 0 Å². The maximum absolute atomic E-state index is 13.1. The number of aromatic nitrogens is 3. The second-order valence-electron chi connectivity index (χ2n) is 9.19. The van der Waals surface area contributed by atoms with E-state index in [-0.39, 0.29) is 29.5 Å². The molecule has 0 aromatic carbocycles. The van der Waals surface area contributed by atoms with Crippen LogP contribution in [0.4, 0.5) is 13.2 Å². The standard InChI is InChI=1S/C22H25F3N4O2S/c1-13(2)29-20(10-19(27-29)14-7-15(12-26-11-14)22(23,24)25)21-17-8-16(9-18(17)21)28-3-5-32(30,31)6-4-28/h7-8,10-13,16,18,21H,3-6,9H2,1-2H3/t16-,18+,21+/m1/s1. The average Bonchev–Trinajstić information content (AvgIpc) is 3.08. The number of sulfone groups is 1. The van der Waals surface area contributed by atoms with Gasteiger partial charge in [0, 0.05) is 54.7 Å². The van der Waals surface area contributed by atoms with E-state index in [0.717, 1.165) is 24.4 Å². The Labute approximate surface area is 185 Å². The molecule has 0 bridgehead atoms. The van der Waals surface area contributed by atoms with Gasteiger partial charge in [-0.2, -0.15) is 18.3 Å². The minimum Gasteiger partial charge on any atom is -0.295 e. The number of rotatable bonds is 4. The molecular formula is C22H25F3N4O2S. The van der Waals surface area contributed by atoms with E-state index in [9.17, 15) is 21.6 Å². The molecule has 1 saturated heterocycles. The van der Waals surface area contributed by atoms with Gasteiger partial charge >= 0.3 is 6.18 Å². The Morgan fingerprint density at radius 1 is 1.12 bits per heavy atom. The van der Waals surface area contributed by atoms with Crippen LogP contribution in [0.25, 0.3) is 11.3 Å². The molecule has 0 unspecified atom stereocenters. The lowest BCUT2D eigenvalue weighted by Gasteiger charge is -2.32. The first kappa shape index (κ1) is 21.6. The molecule has 10 heteroatoms. The minimum absolute atomic E-state index is 0.0718. The highest BCUT2D eigenvalue weighted by molar-refractivity contribution is 7.91. The molecule has 172 valence electrons. The molecule has 5 rings (SSSR count). The SMILES string of the molecule is CC(C)n1nc(-c2cncc(C(F)(F)F)c2)cc1[C@H]1C2=C[C@@H](N3CCS(=O)(=O)CC3)C[C@@H]21. The van der Waals surface area contributed by atoms with Gasteiger partial charge in [-0.25, -0.2) is 8.42 Å². The van der Waals surface area contributed by atoms with E-state index >= 15 is 0 Å². The highest BCUT2D eigenvalue weighted by atomic mass is 32.2. The third kappa shape index (κ3) is 3.87. The zero-order valence-electron chi connectivity index (χ0n) is 17.9. The molecule has 1 aliphatic heterocycles. The van der Waals surface area contributed by atoms with E-state index in [1.54, 1.807) is 0 Å². The van der Waals surface area contributed by atoms with Crippen molar-refractivity contribution < 1.29 is 21.6 Å². The van der Waals surface area contributed by atoms with Crippen molar-refractivity contribution in [3.63, 3.8) is 0 Å². The maximum Gasteiger partial charge on any atom is 0.417 e. The molecule has 0 amide bonds. The van der Waals surface area contributed by atoms with Gasteiger partial charge in [0.05, 0.1) is 22.8 Å². The number of nitrogens with zero attached hydrogens (tertiary/aromatic N) is 4. The summed E-state index contributed by atoms with van der Waals surface area (Å²) in [4.78, 5) is 6.02. The molecule has 0 N–H and O–H groups in total. The van der Waals surface area contributed by atoms with Crippen LogP contribution in [0, 0.1) is 5.92 Å². The number of halogens is 3. The highest BCUT2D eigenvalue weighted by Crippen LogP contribution is 2.60. The summed E-state index contributed by atoms with van der Waals surface area (Å²) in [5, 5.41) is 4.62. The number of hydrogen-bond acceptors (Lipinski definition) is 5. The summed E-state index contributed by atoms with van der Waals surface area (Å²) in [7, 11) is -2.90. The monoisotopic (exact) mass is 466 g/mol. The second-order valence-corrected chi connectivity index (χ2v) is 11.5. The van der Waals surface area contributed by atoms with Crippen LogP contribution in [0.5, 0.6) is 0 Å². The van der Waals surface area contributed by atoms with Gasteiger partial charge in [-0.05, 0) is 38.3 Å². The predicted octanol–water partition coefficient (Wildman–Crippen LogP) is 3.69. The Morgan fingerprint density at radius 2 is 1.84 bits per heavy atom. The first-order chi connectivity index (χ1) is 15.0. The van der Waals surface area contributed by atoms with Crippen molar-refractivity contribution in [1.82, 2.24) is 19.7 Å². The highest BCUT2D eigenvalue weighted by Gasteiger charge is 2.52. The number of pyridine rings is 1. The van der Waals surface area contributed by atoms with Crippen molar-refractivity contribution in [3.05, 3.63) is 47.4 Å². The first-order valence-corrected chi connectivity index (χ1v) is 12.6. The Bertz CT molecular complexity index is 1170. The summed E-state index contributed by atoms with van der Waals surface area (Å²) in [6, 6.07) is 3.33. The molecule has 2 fully saturated rings. The summed E-state index contributed by atoms with van der Waals surface area (Å²) >= 11 is 0. The zero-order valence-corrected chi connectivity index (χ0v) is 18.7. The molecule has 3 atom stereocenters. The van der Waals surface area contributed by atoms with E-state index in [0.29, 0.717) is 30.3 Å². The fourth-order valence-electron chi connectivity index (χ4n) is 5.01. The molecule has 32 heavy (non-hydrogen) atoms. The van der Waals surface area contributed by atoms with Gasteiger partial charge in [-0.15, -0.1) is 0 Å². The Morgan fingerprint density at radius 3 is 2.44 bits per heavy atom. The molecule has 2 aromatic rings. The number of hydrogen-bond donors (Lipinski definition) is 0. The van der Waals surface area contributed by atoms with Crippen LogP contribution in [0.1, 0.15) is 43.5 Å². The summed E-state index contributed by atoms with van der Waals surface area (Å²) in [6.07, 6.45) is 0.999. The van der Waals surface area contributed by atoms with Gasteiger partial charge in [-0.1, -0.05) is 11.6 Å². The molecule has 2 aromatic heterocycles. The quantitative estimate of drug-likeness (QED) is 0.643. The molecule has 1 saturated carbocycles. The summed E-state index contributed by atoms with van der Waals surface area (Å²) in [6.45, 7) is 5.16. The van der Waals surface area contributed by atoms with Crippen molar-refractivity contribution in [2.75, 3.05) is 24.6 Å². The van der Waals surface area contributed by atoms with Crippen LogP contribution in [-0.4, -0.2) is 58.7 Å². The van der Waals surface area contributed by atoms with Gasteiger partial charge in [0.2, 0.25) is 0 Å². The van der Waals surface area contributed by atoms with Crippen LogP contribution >= 0.6 is 0 Å². The lowest BCUT2D eigenvalue weighted by atomic mass is 10.1. The first-order valence-electron chi connectivity index (χ1n) is 10.8. The van der Waals surface area contributed by atoms with Crippen LogP contribution < -0.4 is 0 Å². The Balaban J connectivity index is 1.39. The summed E-state index contributed by atoms with van der Waals surface area (Å²) in [5.74, 6) is 1.05.